The largest absolute Gasteiger partial charge is 0.495 e. The van der Waals surface area contributed by atoms with Crippen LogP contribution in [0.25, 0.3) is 0 Å². The van der Waals surface area contributed by atoms with Gasteiger partial charge in [-0.05, 0) is 64.8 Å². The molecule has 0 saturated heterocycles. The summed E-state index contributed by atoms with van der Waals surface area (Å²) in [5.41, 5.74) is 4.96. The number of nitrogens with one attached hydrogen (secondary N) is 2. The standard InChI is InChI=1S/C27H26BrN5O6/c1-17-26(28)21(14-36-2)20(12-29)27(31-17)39-16-25(35)33-30-13-18-8-10-19(11-9-18)38-15-24(34)32-22-6-4-5-7-23(22)37-3/h4-11,13H,14-16H2,1-3H3,(H,32,34)(H,33,35)/b30-13+. The van der Waals surface area contributed by atoms with Crippen LogP contribution in [0.5, 0.6) is 17.4 Å². The number of aryl methyl sites for hydroxylation is 1. The molecule has 0 fully saturated rings. The van der Waals surface area contributed by atoms with Gasteiger partial charge in [0.05, 0.1) is 31.3 Å². The van der Waals surface area contributed by atoms with E-state index in [1.54, 1.807) is 49.4 Å². The van der Waals surface area contributed by atoms with Crippen LogP contribution in [0.2, 0.25) is 0 Å². The van der Waals surface area contributed by atoms with Crippen LogP contribution in [0.3, 0.4) is 0 Å². The first-order valence-electron chi connectivity index (χ1n) is 11.5. The lowest BCUT2D eigenvalue weighted by molar-refractivity contribution is -0.123. The fraction of sp³-hybridized carbons (Fsp3) is 0.222. The smallest absolute Gasteiger partial charge is 0.278 e. The minimum Gasteiger partial charge on any atom is -0.495 e. The van der Waals surface area contributed by atoms with Gasteiger partial charge in [0.2, 0.25) is 5.88 Å². The summed E-state index contributed by atoms with van der Waals surface area (Å²) in [6.45, 7) is 1.35. The lowest BCUT2D eigenvalue weighted by Crippen LogP contribution is -2.25. The van der Waals surface area contributed by atoms with E-state index in [1.807, 2.05) is 12.1 Å². The van der Waals surface area contributed by atoms with Gasteiger partial charge >= 0.3 is 0 Å². The molecule has 0 aliphatic carbocycles. The molecule has 2 N–H and O–H groups in total. The number of hydrazone groups is 1. The fourth-order valence-corrected chi connectivity index (χ4v) is 3.69. The molecule has 11 nitrogen and oxygen atoms in total. The predicted octanol–water partition coefficient (Wildman–Crippen LogP) is 3.73. The SMILES string of the molecule is COCc1c(Br)c(C)nc(OCC(=O)N/N=C/c2ccc(OCC(=O)Nc3ccccc3OC)cc2)c1C#N. The first-order valence-corrected chi connectivity index (χ1v) is 12.3. The maximum Gasteiger partial charge on any atom is 0.278 e. The maximum atomic E-state index is 12.2. The van der Waals surface area contributed by atoms with E-state index in [4.69, 9.17) is 18.9 Å². The van der Waals surface area contributed by atoms with Crippen LogP contribution in [0.4, 0.5) is 5.69 Å². The molecule has 2 amide bonds. The molecule has 0 saturated carbocycles. The number of aromatic nitrogens is 1. The monoisotopic (exact) mass is 595 g/mol. The van der Waals surface area contributed by atoms with Gasteiger partial charge in [0.1, 0.15) is 23.1 Å². The van der Waals surface area contributed by atoms with Crippen molar-refractivity contribution in [2.45, 2.75) is 13.5 Å². The van der Waals surface area contributed by atoms with E-state index in [0.717, 1.165) is 0 Å². The molecule has 0 atom stereocenters. The van der Waals surface area contributed by atoms with Crippen LogP contribution >= 0.6 is 15.9 Å². The molecule has 39 heavy (non-hydrogen) atoms. The molecule has 1 heterocycles. The van der Waals surface area contributed by atoms with Gasteiger partial charge in [0.15, 0.2) is 13.2 Å². The molecule has 202 valence electrons. The van der Waals surface area contributed by atoms with Crippen molar-refractivity contribution in [3.63, 3.8) is 0 Å². The second-order valence-corrected chi connectivity index (χ2v) is 8.70. The lowest BCUT2D eigenvalue weighted by atomic mass is 10.1. The summed E-state index contributed by atoms with van der Waals surface area (Å²) in [4.78, 5) is 28.6. The van der Waals surface area contributed by atoms with Crippen LogP contribution in [-0.2, 0) is 20.9 Å². The second-order valence-electron chi connectivity index (χ2n) is 7.90. The fourth-order valence-electron chi connectivity index (χ4n) is 3.29. The Kier molecular flexibility index (Phi) is 10.8. The number of halogens is 1. The molecule has 1 aromatic heterocycles. The summed E-state index contributed by atoms with van der Waals surface area (Å²) in [5, 5.41) is 16.2. The topological polar surface area (TPSA) is 144 Å². The highest BCUT2D eigenvalue weighted by Crippen LogP contribution is 2.30. The van der Waals surface area contributed by atoms with Crippen molar-refractivity contribution in [1.29, 1.82) is 5.26 Å². The summed E-state index contributed by atoms with van der Waals surface area (Å²) in [6, 6.07) is 15.9. The molecule has 0 aliphatic rings. The molecule has 0 spiro atoms. The van der Waals surface area contributed by atoms with Crippen molar-refractivity contribution in [1.82, 2.24) is 10.4 Å². The Morgan fingerprint density at radius 2 is 1.79 bits per heavy atom. The number of para-hydroxylation sites is 2. The van der Waals surface area contributed by atoms with Gasteiger partial charge in [-0.25, -0.2) is 10.4 Å². The number of nitrogens with zero attached hydrogens (tertiary/aromatic N) is 3. The third kappa shape index (κ3) is 8.26. The Balaban J connectivity index is 1.48. The number of hydrogen-bond acceptors (Lipinski definition) is 9. The zero-order valence-electron chi connectivity index (χ0n) is 21.5. The summed E-state index contributed by atoms with van der Waals surface area (Å²) in [7, 11) is 3.04. The van der Waals surface area contributed by atoms with E-state index < -0.39 is 12.5 Å². The number of ether oxygens (including phenoxy) is 4. The Morgan fingerprint density at radius 1 is 1.08 bits per heavy atom. The molecule has 2 aromatic carbocycles. The molecule has 0 aliphatic heterocycles. The zero-order chi connectivity index (χ0) is 28.2. The average molecular weight is 596 g/mol. The van der Waals surface area contributed by atoms with Gasteiger partial charge in [0, 0.05) is 17.1 Å². The van der Waals surface area contributed by atoms with E-state index in [0.29, 0.717) is 38.5 Å². The Bertz CT molecular complexity index is 1390. The zero-order valence-corrected chi connectivity index (χ0v) is 23.1. The Hall–Kier alpha value is -4.47. The van der Waals surface area contributed by atoms with Crippen LogP contribution < -0.4 is 25.0 Å². The molecular weight excluding hydrogens is 570 g/mol. The van der Waals surface area contributed by atoms with E-state index in [9.17, 15) is 14.9 Å². The number of hydrogen-bond donors (Lipinski definition) is 2. The van der Waals surface area contributed by atoms with Gasteiger partial charge in [-0.3, -0.25) is 9.59 Å². The molecule has 0 radical (unpaired) electrons. The van der Waals surface area contributed by atoms with Crippen molar-refractivity contribution in [2.24, 2.45) is 5.10 Å². The van der Waals surface area contributed by atoms with E-state index in [1.165, 1.54) is 20.4 Å². The minimum atomic E-state index is -0.535. The van der Waals surface area contributed by atoms with Crippen molar-refractivity contribution in [3.05, 3.63) is 75.4 Å². The van der Waals surface area contributed by atoms with Gasteiger partial charge in [-0.2, -0.15) is 10.4 Å². The number of nitriles is 1. The van der Waals surface area contributed by atoms with E-state index >= 15 is 0 Å². The molecule has 0 bridgehead atoms. The lowest BCUT2D eigenvalue weighted by Gasteiger charge is -2.13. The maximum absolute atomic E-state index is 12.2. The number of rotatable bonds is 12. The normalized spacial score (nSPS) is 10.5. The molecule has 3 rings (SSSR count). The highest BCUT2D eigenvalue weighted by atomic mass is 79.9. The number of carbonyl (C=O) groups is 2. The summed E-state index contributed by atoms with van der Waals surface area (Å²) < 4.78 is 22.0. The summed E-state index contributed by atoms with van der Waals surface area (Å²) in [5.74, 6) is 0.207. The number of pyridine rings is 1. The number of methoxy groups -OCH3 is 2. The summed E-state index contributed by atoms with van der Waals surface area (Å²) in [6.07, 6.45) is 1.44. The van der Waals surface area contributed by atoms with Gasteiger partial charge in [-0.1, -0.05) is 12.1 Å². The second kappa shape index (κ2) is 14.5. The Morgan fingerprint density at radius 3 is 2.49 bits per heavy atom. The van der Waals surface area contributed by atoms with Crippen molar-refractivity contribution < 1.29 is 28.5 Å². The van der Waals surface area contributed by atoms with Crippen molar-refractivity contribution >= 4 is 39.6 Å². The van der Waals surface area contributed by atoms with Gasteiger partial charge in [-0.15, -0.1) is 0 Å². The Labute approximate surface area is 233 Å². The molecule has 0 unspecified atom stereocenters. The highest BCUT2D eigenvalue weighted by Gasteiger charge is 2.18. The molecule has 12 heteroatoms. The van der Waals surface area contributed by atoms with Crippen LogP contribution in [0.1, 0.15) is 22.4 Å². The molecule has 3 aromatic rings. The number of amides is 2. The number of carbonyl (C=O) groups excluding carboxylic acids is 2. The highest BCUT2D eigenvalue weighted by molar-refractivity contribution is 9.10. The first kappa shape index (κ1) is 29.1. The molecular formula is C27H26BrN5O6. The van der Waals surface area contributed by atoms with E-state index in [2.05, 4.69) is 36.8 Å². The number of benzene rings is 2. The quantitative estimate of drug-likeness (QED) is 0.238. The number of anilines is 1. The van der Waals surface area contributed by atoms with Gasteiger partial charge in [0.25, 0.3) is 11.8 Å². The first-order chi connectivity index (χ1) is 18.9. The van der Waals surface area contributed by atoms with E-state index in [-0.39, 0.29) is 30.6 Å². The van der Waals surface area contributed by atoms with Crippen LogP contribution in [-0.4, -0.2) is 50.4 Å². The third-order valence-electron chi connectivity index (χ3n) is 5.14. The predicted molar refractivity (Wildman–Crippen MR) is 147 cm³/mol. The summed E-state index contributed by atoms with van der Waals surface area (Å²) >= 11 is 3.40. The van der Waals surface area contributed by atoms with Crippen molar-refractivity contribution in [2.75, 3.05) is 32.8 Å². The van der Waals surface area contributed by atoms with Crippen LogP contribution in [0, 0.1) is 18.3 Å². The third-order valence-corrected chi connectivity index (χ3v) is 6.19. The van der Waals surface area contributed by atoms with Crippen LogP contribution in [0.15, 0.2) is 58.1 Å². The van der Waals surface area contributed by atoms with Gasteiger partial charge < -0.3 is 24.3 Å². The minimum absolute atomic E-state index is 0.0385. The average Bonchev–Trinajstić information content (AvgIpc) is 2.94. The van der Waals surface area contributed by atoms with Crippen molar-refractivity contribution in [3.8, 4) is 23.4 Å².